The van der Waals surface area contributed by atoms with Gasteiger partial charge in [-0.05, 0) is 30.2 Å². The molecule has 0 fully saturated rings. The average molecular weight is 459 g/mol. The molecule has 34 heavy (non-hydrogen) atoms. The summed E-state index contributed by atoms with van der Waals surface area (Å²) in [5.41, 5.74) is 0.972. The maximum Gasteiger partial charge on any atom is 0.310 e. The van der Waals surface area contributed by atoms with E-state index in [1.165, 1.54) is 12.1 Å². The van der Waals surface area contributed by atoms with Gasteiger partial charge in [0.05, 0.1) is 17.5 Å². The van der Waals surface area contributed by atoms with E-state index in [-0.39, 0.29) is 40.7 Å². The number of phenolic OH excluding ortho intramolecular Hbond substituents is 2. The normalized spacial score (nSPS) is 13.0. The van der Waals surface area contributed by atoms with Crippen LogP contribution in [-0.4, -0.2) is 34.2 Å². The summed E-state index contributed by atoms with van der Waals surface area (Å²) in [5, 5.41) is 24.1. The van der Waals surface area contributed by atoms with E-state index in [1.807, 2.05) is 0 Å². The van der Waals surface area contributed by atoms with Crippen molar-refractivity contribution in [3.05, 3.63) is 88.0 Å². The number of hydrogen-bond acceptors (Lipinski definition) is 7. The predicted octanol–water partition coefficient (Wildman–Crippen LogP) is 3.68. The molecule has 0 aromatic heterocycles. The van der Waals surface area contributed by atoms with Crippen molar-refractivity contribution in [1.82, 2.24) is 0 Å². The Hall–Kier alpha value is -4.46. The second kappa shape index (κ2) is 9.19. The first kappa shape index (κ1) is 22.7. The molecule has 1 aliphatic rings. The summed E-state index contributed by atoms with van der Waals surface area (Å²) in [4.78, 5) is 49.0. The number of fused-ring (bicyclic) bond motifs is 2. The number of phenols is 2. The molecule has 3 N–H and O–H groups in total. The number of carbonyl (C=O) groups is 4. The van der Waals surface area contributed by atoms with Crippen molar-refractivity contribution in [2.45, 2.75) is 25.9 Å². The fourth-order valence-corrected chi connectivity index (χ4v) is 4.04. The fourth-order valence-electron chi connectivity index (χ4n) is 4.04. The van der Waals surface area contributed by atoms with E-state index >= 15 is 0 Å². The molecule has 8 heteroatoms. The molecule has 0 radical (unpaired) electrons. The lowest BCUT2D eigenvalue weighted by atomic mass is 9.81. The molecule has 1 atom stereocenters. The van der Waals surface area contributed by atoms with Crippen LogP contribution in [0.1, 0.15) is 62.4 Å². The zero-order chi connectivity index (χ0) is 24.4. The van der Waals surface area contributed by atoms with Gasteiger partial charge in [0.2, 0.25) is 6.41 Å². The highest BCUT2D eigenvalue weighted by Gasteiger charge is 2.36. The van der Waals surface area contributed by atoms with Crippen molar-refractivity contribution in [1.29, 1.82) is 0 Å². The van der Waals surface area contributed by atoms with Crippen LogP contribution in [0.4, 0.5) is 5.69 Å². The first-order chi connectivity index (χ1) is 16.3. The van der Waals surface area contributed by atoms with Crippen molar-refractivity contribution in [2.24, 2.45) is 0 Å². The van der Waals surface area contributed by atoms with Gasteiger partial charge in [0.1, 0.15) is 17.6 Å². The fraction of sp³-hybridized carbons (Fsp3) is 0.154. The summed E-state index contributed by atoms with van der Waals surface area (Å²) in [5.74, 6) is -2.72. The standard InChI is InChI=1S/C26H21NO7/c1-2-20(34-21(30)11-14-7-9-15(10-8-14)27-13-28)18-12-19(29)22-23(26(18)33)25(32)17-6-4-3-5-16(17)24(22)31/h3-10,12-13,20,29,33H,2,11H2,1H3,(H,27,28). The van der Waals surface area contributed by atoms with Crippen LogP contribution in [0.3, 0.4) is 0 Å². The third-order valence-corrected chi connectivity index (χ3v) is 5.70. The van der Waals surface area contributed by atoms with E-state index in [0.29, 0.717) is 17.7 Å². The van der Waals surface area contributed by atoms with Gasteiger partial charge >= 0.3 is 5.97 Å². The number of aromatic hydroxyl groups is 2. The van der Waals surface area contributed by atoms with Gasteiger partial charge in [0.25, 0.3) is 0 Å². The highest BCUT2D eigenvalue weighted by Crippen LogP contribution is 2.43. The quantitative estimate of drug-likeness (QED) is 0.218. The molecule has 1 aliphatic carbocycles. The molecule has 0 bridgehead atoms. The molecule has 0 saturated heterocycles. The van der Waals surface area contributed by atoms with Crippen LogP contribution in [0, 0.1) is 0 Å². The van der Waals surface area contributed by atoms with Crippen molar-refractivity contribution in [3.8, 4) is 11.5 Å². The van der Waals surface area contributed by atoms with Gasteiger partial charge in [-0.25, -0.2) is 0 Å². The summed E-state index contributed by atoms with van der Waals surface area (Å²) >= 11 is 0. The van der Waals surface area contributed by atoms with E-state index in [1.54, 1.807) is 43.3 Å². The Morgan fingerprint density at radius 2 is 1.62 bits per heavy atom. The van der Waals surface area contributed by atoms with E-state index in [9.17, 15) is 29.4 Å². The van der Waals surface area contributed by atoms with Crippen LogP contribution in [0.5, 0.6) is 11.5 Å². The topological polar surface area (TPSA) is 130 Å². The Balaban J connectivity index is 1.62. The maximum absolute atomic E-state index is 13.1. The molecule has 172 valence electrons. The lowest BCUT2D eigenvalue weighted by molar-refractivity contribution is -0.148. The second-order valence-corrected chi connectivity index (χ2v) is 7.81. The molecule has 0 aliphatic heterocycles. The zero-order valence-corrected chi connectivity index (χ0v) is 18.2. The monoisotopic (exact) mass is 459 g/mol. The van der Waals surface area contributed by atoms with Crippen molar-refractivity contribution >= 4 is 29.6 Å². The Labute approximate surface area is 194 Å². The van der Waals surface area contributed by atoms with E-state index in [0.717, 1.165) is 6.07 Å². The third kappa shape index (κ3) is 4.01. The second-order valence-electron chi connectivity index (χ2n) is 7.81. The summed E-state index contributed by atoms with van der Waals surface area (Å²) in [6, 6.07) is 14.0. The summed E-state index contributed by atoms with van der Waals surface area (Å²) in [6.45, 7) is 1.72. The molecule has 4 rings (SSSR count). The predicted molar refractivity (Wildman–Crippen MR) is 122 cm³/mol. The number of ether oxygens (including phenoxy) is 1. The number of carbonyl (C=O) groups excluding carboxylic acids is 4. The minimum absolute atomic E-state index is 0.0400. The van der Waals surface area contributed by atoms with Crippen LogP contribution in [0.15, 0.2) is 54.6 Å². The molecular weight excluding hydrogens is 438 g/mol. The number of esters is 1. The molecule has 3 aromatic rings. The molecule has 1 amide bonds. The molecule has 3 aromatic carbocycles. The summed E-state index contributed by atoms with van der Waals surface area (Å²) < 4.78 is 5.55. The van der Waals surface area contributed by atoms with Crippen molar-refractivity contribution in [3.63, 3.8) is 0 Å². The van der Waals surface area contributed by atoms with Gasteiger partial charge in [-0.15, -0.1) is 0 Å². The molecule has 0 heterocycles. The minimum atomic E-state index is -0.959. The molecule has 1 unspecified atom stereocenters. The van der Waals surface area contributed by atoms with Crippen molar-refractivity contribution in [2.75, 3.05) is 5.32 Å². The number of rotatable bonds is 7. The van der Waals surface area contributed by atoms with Gasteiger partial charge in [-0.1, -0.05) is 43.3 Å². The van der Waals surface area contributed by atoms with Crippen LogP contribution in [0.2, 0.25) is 0 Å². The van der Waals surface area contributed by atoms with Crippen molar-refractivity contribution < 1.29 is 34.1 Å². The smallest absolute Gasteiger partial charge is 0.310 e. The molecule has 8 nitrogen and oxygen atoms in total. The van der Waals surface area contributed by atoms with Gasteiger partial charge in [-0.3, -0.25) is 19.2 Å². The first-order valence-electron chi connectivity index (χ1n) is 10.6. The lowest BCUT2D eigenvalue weighted by Gasteiger charge is -2.24. The zero-order valence-electron chi connectivity index (χ0n) is 18.2. The van der Waals surface area contributed by atoms with Gasteiger partial charge < -0.3 is 20.3 Å². The van der Waals surface area contributed by atoms with E-state index in [2.05, 4.69) is 5.32 Å². The Bertz CT molecular complexity index is 1310. The largest absolute Gasteiger partial charge is 0.507 e. The highest BCUT2D eigenvalue weighted by atomic mass is 16.5. The Morgan fingerprint density at radius 3 is 2.21 bits per heavy atom. The third-order valence-electron chi connectivity index (χ3n) is 5.70. The SMILES string of the molecule is CCC(OC(=O)Cc1ccc(NC=O)cc1)c1cc(O)c2c(c1O)C(=O)c1ccccc1C2=O. The minimum Gasteiger partial charge on any atom is -0.507 e. The Kier molecular flexibility index (Phi) is 6.14. The van der Waals surface area contributed by atoms with Crippen LogP contribution >= 0.6 is 0 Å². The van der Waals surface area contributed by atoms with Crippen LogP contribution in [-0.2, 0) is 20.7 Å². The van der Waals surface area contributed by atoms with Crippen LogP contribution in [0.25, 0.3) is 0 Å². The van der Waals surface area contributed by atoms with E-state index in [4.69, 9.17) is 4.74 Å². The summed E-state index contributed by atoms with van der Waals surface area (Å²) in [7, 11) is 0. The molecular formula is C26H21NO7. The number of nitrogens with one attached hydrogen (secondary N) is 1. The van der Waals surface area contributed by atoms with Gasteiger partial charge in [0, 0.05) is 22.4 Å². The number of benzene rings is 3. The molecule has 0 saturated carbocycles. The highest BCUT2D eigenvalue weighted by molar-refractivity contribution is 6.30. The van der Waals surface area contributed by atoms with Gasteiger partial charge in [-0.2, -0.15) is 0 Å². The van der Waals surface area contributed by atoms with E-state index < -0.39 is 35.1 Å². The van der Waals surface area contributed by atoms with Gasteiger partial charge in [0.15, 0.2) is 11.6 Å². The number of amides is 1. The molecule has 0 spiro atoms. The Morgan fingerprint density at radius 1 is 1.00 bits per heavy atom. The lowest BCUT2D eigenvalue weighted by Crippen LogP contribution is -2.22. The maximum atomic E-state index is 13.1. The number of hydrogen-bond donors (Lipinski definition) is 3. The first-order valence-corrected chi connectivity index (χ1v) is 10.6. The summed E-state index contributed by atoms with van der Waals surface area (Å²) in [6.07, 6.45) is -0.231. The van der Waals surface area contributed by atoms with Crippen LogP contribution < -0.4 is 5.32 Å². The number of anilines is 1. The average Bonchev–Trinajstić information content (AvgIpc) is 2.83. The number of ketones is 2.